The van der Waals surface area contributed by atoms with Gasteiger partial charge in [-0.25, -0.2) is 4.98 Å². The molecule has 0 unspecified atom stereocenters. The van der Waals surface area contributed by atoms with Gasteiger partial charge in [0.2, 0.25) is 11.8 Å². The zero-order chi connectivity index (χ0) is 11.1. The summed E-state index contributed by atoms with van der Waals surface area (Å²) in [5, 5.41) is 2.61. The number of carbonyl (C=O) groups is 2. The van der Waals surface area contributed by atoms with E-state index in [0.717, 1.165) is 0 Å². The molecule has 0 spiro atoms. The van der Waals surface area contributed by atoms with E-state index in [4.69, 9.17) is 5.73 Å². The van der Waals surface area contributed by atoms with Crippen LogP contribution in [0.4, 0.5) is 5.82 Å². The van der Waals surface area contributed by atoms with Crippen LogP contribution in [0.1, 0.15) is 19.3 Å². The second kappa shape index (κ2) is 5.74. The average molecular weight is 207 g/mol. The van der Waals surface area contributed by atoms with Gasteiger partial charge < -0.3 is 11.1 Å². The van der Waals surface area contributed by atoms with E-state index in [2.05, 4.69) is 10.3 Å². The molecule has 0 aliphatic carbocycles. The molecule has 1 rings (SSSR count). The van der Waals surface area contributed by atoms with Gasteiger partial charge in [0, 0.05) is 19.0 Å². The Bertz CT molecular complexity index is 338. The Balaban J connectivity index is 2.28. The Morgan fingerprint density at radius 3 is 2.73 bits per heavy atom. The number of nitrogens with one attached hydrogen (secondary N) is 1. The molecule has 1 aromatic rings. The highest BCUT2D eigenvalue weighted by Gasteiger charge is 2.03. The molecule has 0 aliphatic heterocycles. The molecule has 0 aliphatic rings. The van der Waals surface area contributed by atoms with Gasteiger partial charge in [0.25, 0.3) is 0 Å². The maximum Gasteiger partial charge on any atom is 0.225 e. The first-order valence-electron chi connectivity index (χ1n) is 4.67. The standard InChI is InChI=1S/C10H13N3O2/c11-8(14)4-3-6-10(15)13-9-5-1-2-7-12-9/h1-2,5,7H,3-4,6H2,(H2,11,14)(H,12,13,15). The first-order valence-corrected chi connectivity index (χ1v) is 4.67. The number of hydrogen-bond donors (Lipinski definition) is 2. The fraction of sp³-hybridized carbons (Fsp3) is 0.300. The lowest BCUT2D eigenvalue weighted by atomic mass is 10.2. The summed E-state index contributed by atoms with van der Waals surface area (Å²) in [6, 6.07) is 5.25. The molecule has 5 nitrogen and oxygen atoms in total. The van der Waals surface area contributed by atoms with Crippen LogP contribution in [-0.4, -0.2) is 16.8 Å². The van der Waals surface area contributed by atoms with E-state index in [1.54, 1.807) is 24.4 Å². The van der Waals surface area contributed by atoms with Gasteiger partial charge in [-0.2, -0.15) is 0 Å². The number of rotatable bonds is 5. The van der Waals surface area contributed by atoms with E-state index in [0.29, 0.717) is 12.2 Å². The minimum absolute atomic E-state index is 0.157. The Hall–Kier alpha value is -1.91. The first kappa shape index (κ1) is 11.2. The van der Waals surface area contributed by atoms with E-state index in [9.17, 15) is 9.59 Å². The molecule has 0 radical (unpaired) electrons. The minimum Gasteiger partial charge on any atom is -0.370 e. The van der Waals surface area contributed by atoms with E-state index in [1.807, 2.05) is 0 Å². The second-order valence-electron chi connectivity index (χ2n) is 3.08. The topological polar surface area (TPSA) is 85.1 Å². The van der Waals surface area contributed by atoms with Gasteiger partial charge in [-0.05, 0) is 18.6 Å². The third-order valence-electron chi connectivity index (χ3n) is 1.76. The normalized spacial score (nSPS) is 9.60. The number of nitrogens with two attached hydrogens (primary N) is 1. The lowest BCUT2D eigenvalue weighted by molar-refractivity contribution is -0.118. The summed E-state index contributed by atoms with van der Waals surface area (Å²) in [5.41, 5.74) is 4.95. The molecule has 5 heteroatoms. The Labute approximate surface area is 87.7 Å². The summed E-state index contributed by atoms with van der Waals surface area (Å²) < 4.78 is 0. The van der Waals surface area contributed by atoms with Gasteiger partial charge in [-0.1, -0.05) is 6.07 Å². The molecule has 0 saturated heterocycles. The van der Waals surface area contributed by atoms with Gasteiger partial charge in [0.1, 0.15) is 5.82 Å². The molecular weight excluding hydrogens is 194 g/mol. The number of aromatic nitrogens is 1. The molecular formula is C10H13N3O2. The number of nitrogens with zero attached hydrogens (tertiary/aromatic N) is 1. The zero-order valence-corrected chi connectivity index (χ0v) is 8.27. The molecule has 0 fully saturated rings. The van der Waals surface area contributed by atoms with Crippen LogP contribution in [0.2, 0.25) is 0 Å². The number of hydrogen-bond acceptors (Lipinski definition) is 3. The Morgan fingerprint density at radius 2 is 2.13 bits per heavy atom. The SMILES string of the molecule is NC(=O)CCCC(=O)Nc1ccccn1. The van der Waals surface area contributed by atoms with Gasteiger partial charge in [-0.3, -0.25) is 9.59 Å². The first-order chi connectivity index (χ1) is 7.18. The van der Waals surface area contributed by atoms with E-state index < -0.39 is 0 Å². The molecule has 1 aromatic heterocycles. The Kier molecular flexibility index (Phi) is 4.28. The van der Waals surface area contributed by atoms with Crippen molar-refractivity contribution in [2.24, 2.45) is 5.73 Å². The van der Waals surface area contributed by atoms with Crippen molar-refractivity contribution in [2.75, 3.05) is 5.32 Å². The maximum atomic E-state index is 11.3. The van der Waals surface area contributed by atoms with Crippen molar-refractivity contribution in [2.45, 2.75) is 19.3 Å². The van der Waals surface area contributed by atoms with Crippen molar-refractivity contribution in [3.05, 3.63) is 24.4 Å². The van der Waals surface area contributed by atoms with Gasteiger partial charge >= 0.3 is 0 Å². The van der Waals surface area contributed by atoms with Crippen LogP contribution in [0, 0.1) is 0 Å². The van der Waals surface area contributed by atoms with Crippen LogP contribution < -0.4 is 11.1 Å². The van der Waals surface area contributed by atoms with E-state index >= 15 is 0 Å². The predicted molar refractivity (Wildman–Crippen MR) is 55.9 cm³/mol. The maximum absolute atomic E-state index is 11.3. The summed E-state index contributed by atoms with van der Waals surface area (Å²) in [6.45, 7) is 0. The summed E-state index contributed by atoms with van der Waals surface area (Å²) in [4.78, 5) is 25.6. The zero-order valence-electron chi connectivity index (χ0n) is 8.27. The van der Waals surface area contributed by atoms with Crippen LogP contribution >= 0.6 is 0 Å². The van der Waals surface area contributed by atoms with Crippen molar-refractivity contribution in [3.8, 4) is 0 Å². The fourth-order valence-corrected chi connectivity index (χ4v) is 1.07. The van der Waals surface area contributed by atoms with Crippen LogP contribution in [0.3, 0.4) is 0 Å². The lowest BCUT2D eigenvalue weighted by Gasteiger charge is -2.02. The van der Waals surface area contributed by atoms with Crippen molar-refractivity contribution in [1.82, 2.24) is 4.98 Å². The molecule has 3 N–H and O–H groups in total. The molecule has 0 atom stereocenters. The largest absolute Gasteiger partial charge is 0.370 e. The van der Waals surface area contributed by atoms with Crippen molar-refractivity contribution >= 4 is 17.6 Å². The Morgan fingerprint density at radius 1 is 1.33 bits per heavy atom. The molecule has 2 amide bonds. The molecule has 0 saturated carbocycles. The molecule has 0 bridgehead atoms. The van der Waals surface area contributed by atoms with Crippen LogP contribution in [-0.2, 0) is 9.59 Å². The lowest BCUT2D eigenvalue weighted by Crippen LogP contribution is -2.15. The molecule has 15 heavy (non-hydrogen) atoms. The molecule has 80 valence electrons. The van der Waals surface area contributed by atoms with Crippen LogP contribution in [0.15, 0.2) is 24.4 Å². The van der Waals surface area contributed by atoms with E-state index in [-0.39, 0.29) is 24.7 Å². The highest BCUT2D eigenvalue weighted by atomic mass is 16.2. The minimum atomic E-state index is -0.388. The van der Waals surface area contributed by atoms with Crippen molar-refractivity contribution in [1.29, 1.82) is 0 Å². The third-order valence-corrected chi connectivity index (χ3v) is 1.76. The number of amides is 2. The number of primary amides is 1. The summed E-state index contributed by atoms with van der Waals surface area (Å²) >= 11 is 0. The average Bonchev–Trinajstić information content (AvgIpc) is 2.18. The quantitative estimate of drug-likeness (QED) is 0.744. The summed E-state index contributed by atoms with van der Waals surface area (Å²) in [7, 11) is 0. The van der Waals surface area contributed by atoms with Crippen molar-refractivity contribution < 1.29 is 9.59 Å². The van der Waals surface area contributed by atoms with Crippen LogP contribution in [0.5, 0.6) is 0 Å². The van der Waals surface area contributed by atoms with Crippen molar-refractivity contribution in [3.63, 3.8) is 0 Å². The second-order valence-corrected chi connectivity index (χ2v) is 3.08. The fourth-order valence-electron chi connectivity index (χ4n) is 1.07. The van der Waals surface area contributed by atoms with E-state index in [1.165, 1.54) is 0 Å². The molecule has 1 heterocycles. The monoisotopic (exact) mass is 207 g/mol. The third kappa shape index (κ3) is 4.75. The van der Waals surface area contributed by atoms with Crippen LogP contribution in [0.25, 0.3) is 0 Å². The number of pyridine rings is 1. The van der Waals surface area contributed by atoms with Gasteiger partial charge in [-0.15, -0.1) is 0 Å². The smallest absolute Gasteiger partial charge is 0.225 e. The number of carbonyl (C=O) groups excluding carboxylic acids is 2. The molecule has 0 aromatic carbocycles. The highest BCUT2D eigenvalue weighted by Crippen LogP contribution is 2.02. The van der Waals surface area contributed by atoms with Gasteiger partial charge in [0.05, 0.1) is 0 Å². The summed E-state index contributed by atoms with van der Waals surface area (Å²) in [5.74, 6) is -0.0304. The predicted octanol–water partition coefficient (Wildman–Crippen LogP) is 0.676. The highest BCUT2D eigenvalue weighted by molar-refractivity contribution is 5.89. The van der Waals surface area contributed by atoms with Gasteiger partial charge in [0.15, 0.2) is 0 Å². The summed E-state index contributed by atoms with van der Waals surface area (Å²) in [6.07, 6.45) is 2.57. The number of anilines is 1.